The maximum absolute atomic E-state index is 13.2. The summed E-state index contributed by atoms with van der Waals surface area (Å²) in [5, 5.41) is 2.86. The molecule has 5 aromatic rings. The Balaban J connectivity index is 1.20. The molecule has 0 atom stereocenters. The third kappa shape index (κ3) is 4.63. The first kappa shape index (κ1) is 23.1. The molecule has 0 unspecified atom stereocenters. The Morgan fingerprint density at radius 1 is 0.784 bits per heavy atom. The van der Waals surface area contributed by atoms with Crippen molar-refractivity contribution in [1.29, 1.82) is 0 Å². The fraction of sp³-hybridized carbons (Fsp3) is 0.0968. The van der Waals surface area contributed by atoms with Crippen LogP contribution in [0, 0.1) is 0 Å². The number of nitrogens with zero attached hydrogens (tertiary/aromatic N) is 2. The summed E-state index contributed by atoms with van der Waals surface area (Å²) < 4.78 is 8.15. The van der Waals surface area contributed by atoms with Crippen molar-refractivity contribution in [2.75, 3.05) is 13.2 Å². The Kier molecular flexibility index (Phi) is 6.25. The third-order valence-electron chi connectivity index (χ3n) is 6.50. The highest BCUT2D eigenvalue weighted by Crippen LogP contribution is 2.34. The number of carbonyl (C=O) groups is 2. The molecule has 37 heavy (non-hydrogen) atoms. The largest absolute Gasteiger partial charge is 0.491 e. The van der Waals surface area contributed by atoms with Crippen LogP contribution in [0.2, 0.25) is 0 Å². The van der Waals surface area contributed by atoms with E-state index in [-0.39, 0.29) is 24.3 Å². The lowest BCUT2D eigenvalue weighted by Crippen LogP contribution is -2.32. The van der Waals surface area contributed by atoms with Gasteiger partial charge < -0.3 is 9.30 Å². The van der Waals surface area contributed by atoms with Crippen LogP contribution in [-0.2, 0) is 11.3 Å². The molecule has 2 heterocycles. The molecule has 0 N–H and O–H groups in total. The van der Waals surface area contributed by atoms with Crippen LogP contribution < -0.4 is 4.74 Å². The highest BCUT2D eigenvalue weighted by molar-refractivity contribution is 8.18. The summed E-state index contributed by atoms with van der Waals surface area (Å²) in [6.07, 6.45) is 3.88. The zero-order chi connectivity index (χ0) is 25.2. The van der Waals surface area contributed by atoms with Crippen molar-refractivity contribution in [3.05, 3.63) is 119 Å². The van der Waals surface area contributed by atoms with Crippen LogP contribution in [0.25, 0.3) is 27.8 Å². The molecule has 6 rings (SSSR count). The summed E-state index contributed by atoms with van der Waals surface area (Å²) in [6, 6.07) is 32.2. The second-order valence-corrected chi connectivity index (χ2v) is 9.87. The molecule has 1 fully saturated rings. The molecule has 0 spiro atoms. The molecule has 4 aromatic carbocycles. The molecule has 1 aliphatic rings. The van der Waals surface area contributed by atoms with E-state index in [1.165, 1.54) is 10.5 Å². The van der Waals surface area contributed by atoms with Gasteiger partial charge in [-0.1, -0.05) is 84.9 Å². The van der Waals surface area contributed by atoms with Gasteiger partial charge in [0.15, 0.2) is 0 Å². The van der Waals surface area contributed by atoms with Gasteiger partial charge in [-0.3, -0.25) is 14.5 Å². The average molecular weight is 505 g/mol. The molecular formula is C31H24N2O3S. The summed E-state index contributed by atoms with van der Waals surface area (Å²) in [7, 11) is 0. The monoisotopic (exact) mass is 504 g/mol. The van der Waals surface area contributed by atoms with Gasteiger partial charge in [-0.25, -0.2) is 0 Å². The standard InChI is InChI=1S/C31H24N2O3S/c34-30-29(19-24-21-32(20-22-9-2-1-3-10-22)27-15-7-6-13-25(24)27)37-31(35)33(30)17-18-36-28-16-8-12-23-11-4-5-14-26(23)28/h1-16,19,21H,17-18,20H2/b29-19-. The smallest absolute Gasteiger partial charge is 0.293 e. The summed E-state index contributed by atoms with van der Waals surface area (Å²) >= 11 is 0.981. The van der Waals surface area contributed by atoms with E-state index in [9.17, 15) is 9.59 Å². The summed E-state index contributed by atoms with van der Waals surface area (Å²) in [5.74, 6) is 0.461. The molecule has 6 heteroatoms. The van der Waals surface area contributed by atoms with Crippen LogP contribution in [0.1, 0.15) is 11.1 Å². The summed E-state index contributed by atoms with van der Waals surface area (Å²) in [4.78, 5) is 27.6. The van der Waals surface area contributed by atoms with Gasteiger partial charge in [0, 0.05) is 34.6 Å². The van der Waals surface area contributed by atoms with Crippen molar-refractivity contribution in [2.24, 2.45) is 0 Å². The van der Waals surface area contributed by atoms with Crippen LogP contribution in [-0.4, -0.2) is 33.8 Å². The number of benzene rings is 4. The zero-order valence-corrected chi connectivity index (χ0v) is 20.9. The minimum Gasteiger partial charge on any atom is -0.491 e. The van der Waals surface area contributed by atoms with E-state index in [2.05, 4.69) is 29.0 Å². The van der Waals surface area contributed by atoms with Gasteiger partial charge in [0.25, 0.3) is 11.1 Å². The number of amides is 2. The van der Waals surface area contributed by atoms with E-state index >= 15 is 0 Å². The lowest BCUT2D eigenvalue weighted by molar-refractivity contribution is -0.123. The van der Waals surface area contributed by atoms with Crippen molar-refractivity contribution in [2.45, 2.75) is 6.54 Å². The molecule has 0 saturated carbocycles. The number of carbonyl (C=O) groups excluding carboxylic acids is 2. The lowest BCUT2D eigenvalue weighted by atomic mass is 10.1. The first-order valence-electron chi connectivity index (χ1n) is 12.1. The van der Waals surface area contributed by atoms with Crippen molar-refractivity contribution in [1.82, 2.24) is 9.47 Å². The van der Waals surface area contributed by atoms with Crippen LogP contribution in [0.3, 0.4) is 0 Å². The van der Waals surface area contributed by atoms with Crippen molar-refractivity contribution < 1.29 is 14.3 Å². The Morgan fingerprint density at radius 2 is 1.51 bits per heavy atom. The molecule has 0 aliphatic carbocycles. The van der Waals surface area contributed by atoms with E-state index < -0.39 is 0 Å². The van der Waals surface area contributed by atoms with E-state index in [0.717, 1.165) is 51.3 Å². The van der Waals surface area contributed by atoms with Crippen LogP contribution in [0.4, 0.5) is 4.79 Å². The van der Waals surface area contributed by atoms with Gasteiger partial charge in [0.2, 0.25) is 0 Å². The second kappa shape index (κ2) is 9.99. The third-order valence-corrected chi connectivity index (χ3v) is 7.40. The van der Waals surface area contributed by atoms with E-state index in [4.69, 9.17) is 4.74 Å². The number of aromatic nitrogens is 1. The van der Waals surface area contributed by atoms with Crippen LogP contribution >= 0.6 is 11.8 Å². The Hall–Kier alpha value is -4.29. The van der Waals surface area contributed by atoms with Gasteiger partial charge in [0.05, 0.1) is 11.4 Å². The Bertz CT molecular complexity index is 1650. The van der Waals surface area contributed by atoms with Gasteiger partial charge in [0.1, 0.15) is 12.4 Å². The summed E-state index contributed by atoms with van der Waals surface area (Å²) in [6.45, 7) is 1.15. The molecule has 0 radical (unpaired) electrons. The summed E-state index contributed by atoms with van der Waals surface area (Å²) in [5.41, 5.74) is 3.20. The van der Waals surface area contributed by atoms with E-state index in [1.54, 1.807) is 0 Å². The molecule has 1 saturated heterocycles. The van der Waals surface area contributed by atoms with E-state index in [0.29, 0.717) is 4.91 Å². The normalized spacial score (nSPS) is 14.8. The molecule has 0 bridgehead atoms. The number of para-hydroxylation sites is 1. The number of ether oxygens (including phenoxy) is 1. The highest BCUT2D eigenvalue weighted by Gasteiger charge is 2.35. The van der Waals surface area contributed by atoms with Crippen molar-refractivity contribution in [3.8, 4) is 5.75 Å². The number of thioether (sulfide) groups is 1. The first-order chi connectivity index (χ1) is 18.2. The average Bonchev–Trinajstić information content (AvgIpc) is 3.41. The van der Waals surface area contributed by atoms with E-state index in [1.807, 2.05) is 84.9 Å². The Morgan fingerprint density at radius 3 is 2.38 bits per heavy atom. The molecule has 1 aromatic heterocycles. The van der Waals surface area contributed by atoms with Gasteiger partial charge in [-0.15, -0.1) is 0 Å². The number of fused-ring (bicyclic) bond motifs is 2. The van der Waals surface area contributed by atoms with Crippen LogP contribution in [0.15, 0.2) is 108 Å². The lowest BCUT2D eigenvalue weighted by Gasteiger charge is -2.14. The maximum Gasteiger partial charge on any atom is 0.293 e. The maximum atomic E-state index is 13.2. The second-order valence-electron chi connectivity index (χ2n) is 8.87. The SMILES string of the molecule is O=C1S/C(=C\c2cn(Cc3ccccc3)c3ccccc23)C(=O)N1CCOc1cccc2ccccc12. The fourth-order valence-electron chi connectivity index (χ4n) is 4.70. The predicted molar refractivity (Wildman–Crippen MR) is 150 cm³/mol. The van der Waals surface area contributed by atoms with Crippen molar-refractivity contribution in [3.63, 3.8) is 0 Å². The van der Waals surface area contributed by atoms with Crippen LogP contribution in [0.5, 0.6) is 5.75 Å². The van der Waals surface area contributed by atoms with Gasteiger partial charge >= 0.3 is 0 Å². The van der Waals surface area contributed by atoms with Gasteiger partial charge in [-0.2, -0.15) is 0 Å². The minimum atomic E-state index is -0.281. The number of rotatable bonds is 7. The fourth-order valence-corrected chi connectivity index (χ4v) is 5.56. The molecule has 182 valence electrons. The quantitative estimate of drug-likeness (QED) is 0.225. The number of hydrogen-bond donors (Lipinski definition) is 0. The highest BCUT2D eigenvalue weighted by atomic mass is 32.2. The molecule has 5 nitrogen and oxygen atoms in total. The predicted octanol–water partition coefficient (Wildman–Crippen LogP) is 6.96. The zero-order valence-electron chi connectivity index (χ0n) is 20.0. The minimum absolute atomic E-state index is 0.195. The van der Waals surface area contributed by atoms with Gasteiger partial charge in [-0.05, 0) is 40.9 Å². The number of imide groups is 1. The topological polar surface area (TPSA) is 51.5 Å². The first-order valence-corrected chi connectivity index (χ1v) is 13.0. The molecular weight excluding hydrogens is 480 g/mol. The molecule has 2 amide bonds. The Labute approximate surface area is 219 Å². The van der Waals surface area contributed by atoms with Crippen molar-refractivity contribution >= 4 is 50.7 Å². The molecule has 1 aliphatic heterocycles. The number of hydrogen-bond acceptors (Lipinski definition) is 4.